The molecule has 0 fully saturated rings. The molecule has 3 heterocycles. The number of rotatable bonds is 5. The van der Waals surface area contributed by atoms with Crippen LogP contribution in [0.1, 0.15) is 15.9 Å². The maximum absolute atomic E-state index is 13.6. The van der Waals surface area contributed by atoms with E-state index in [4.69, 9.17) is 0 Å². The van der Waals surface area contributed by atoms with Gasteiger partial charge in [0.1, 0.15) is 12.1 Å². The monoisotopic (exact) mass is 420 g/mol. The van der Waals surface area contributed by atoms with Crippen molar-refractivity contribution in [1.82, 2.24) is 24.6 Å². The SMILES string of the molecule is O=C1c2ccccc2CCN1CCNc1ncnc2c1cnn2-c1ccc(F)c(F)c1. The van der Waals surface area contributed by atoms with Gasteiger partial charge in [0.15, 0.2) is 17.3 Å². The minimum absolute atomic E-state index is 0.0302. The van der Waals surface area contributed by atoms with Crippen LogP contribution in [-0.4, -0.2) is 50.2 Å². The van der Waals surface area contributed by atoms with Crippen LogP contribution in [0.5, 0.6) is 0 Å². The molecule has 1 aliphatic heterocycles. The number of amides is 1. The van der Waals surface area contributed by atoms with Crippen LogP contribution in [0.4, 0.5) is 14.6 Å². The van der Waals surface area contributed by atoms with Gasteiger partial charge >= 0.3 is 0 Å². The van der Waals surface area contributed by atoms with E-state index in [1.54, 1.807) is 6.20 Å². The molecule has 0 radical (unpaired) electrons. The van der Waals surface area contributed by atoms with Gasteiger partial charge in [-0.05, 0) is 30.2 Å². The number of nitrogens with zero attached hydrogens (tertiary/aromatic N) is 5. The quantitative estimate of drug-likeness (QED) is 0.537. The molecule has 0 bridgehead atoms. The Morgan fingerprint density at radius 3 is 2.81 bits per heavy atom. The maximum atomic E-state index is 13.6. The molecule has 1 N–H and O–H groups in total. The Morgan fingerprint density at radius 1 is 1.06 bits per heavy atom. The zero-order valence-electron chi connectivity index (χ0n) is 16.4. The van der Waals surface area contributed by atoms with Crippen molar-refractivity contribution in [2.45, 2.75) is 6.42 Å². The first kappa shape index (κ1) is 19.1. The number of nitrogens with one attached hydrogen (secondary N) is 1. The summed E-state index contributed by atoms with van der Waals surface area (Å²) >= 11 is 0. The van der Waals surface area contributed by atoms with Crippen LogP contribution < -0.4 is 5.32 Å². The Hall–Kier alpha value is -3.88. The summed E-state index contributed by atoms with van der Waals surface area (Å²) in [6, 6.07) is 11.2. The van der Waals surface area contributed by atoms with Crippen molar-refractivity contribution in [2.24, 2.45) is 0 Å². The summed E-state index contributed by atoms with van der Waals surface area (Å²) in [6.45, 7) is 1.69. The molecular weight excluding hydrogens is 402 g/mol. The second-order valence-electron chi connectivity index (χ2n) is 7.24. The molecule has 0 saturated heterocycles. The third-order valence-electron chi connectivity index (χ3n) is 5.37. The first-order chi connectivity index (χ1) is 15.1. The van der Waals surface area contributed by atoms with Gasteiger partial charge in [-0.1, -0.05) is 18.2 Å². The highest BCUT2D eigenvalue weighted by Crippen LogP contribution is 2.23. The van der Waals surface area contributed by atoms with E-state index in [9.17, 15) is 13.6 Å². The van der Waals surface area contributed by atoms with Gasteiger partial charge in [0.2, 0.25) is 0 Å². The van der Waals surface area contributed by atoms with Crippen molar-refractivity contribution < 1.29 is 13.6 Å². The van der Waals surface area contributed by atoms with E-state index in [-0.39, 0.29) is 5.91 Å². The molecule has 2 aromatic carbocycles. The van der Waals surface area contributed by atoms with Crippen molar-refractivity contribution in [2.75, 3.05) is 25.0 Å². The molecule has 1 aliphatic rings. The van der Waals surface area contributed by atoms with Gasteiger partial charge in [0.05, 0.1) is 17.3 Å². The van der Waals surface area contributed by atoms with Crippen LogP contribution in [0, 0.1) is 11.6 Å². The van der Waals surface area contributed by atoms with Crippen LogP contribution in [0.2, 0.25) is 0 Å². The topological polar surface area (TPSA) is 75.9 Å². The average molecular weight is 420 g/mol. The Morgan fingerprint density at radius 2 is 1.94 bits per heavy atom. The number of fused-ring (bicyclic) bond motifs is 2. The van der Waals surface area contributed by atoms with Crippen molar-refractivity contribution in [3.8, 4) is 5.69 Å². The Labute approximate surface area is 176 Å². The smallest absolute Gasteiger partial charge is 0.254 e. The zero-order valence-corrected chi connectivity index (χ0v) is 16.4. The van der Waals surface area contributed by atoms with Gasteiger partial charge in [-0.15, -0.1) is 0 Å². The molecule has 31 heavy (non-hydrogen) atoms. The molecular formula is C22H18F2N6O. The van der Waals surface area contributed by atoms with Crippen molar-refractivity contribution >= 4 is 22.8 Å². The predicted molar refractivity (Wildman–Crippen MR) is 111 cm³/mol. The molecule has 0 unspecified atom stereocenters. The Kier molecular flexibility index (Phi) is 4.78. The highest BCUT2D eigenvalue weighted by molar-refractivity contribution is 5.96. The first-order valence-electron chi connectivity index (χ1n) is 9.87. The van der Waals surface area contributed by atoms with Gasteiger partial charge < -0.3 is 10.2 Å². The number of hydrogen-bond acceptors (Lipinski definition) is 5. The number of carbonyl (C=O) groups is 1. The Balaban J connectivity index is 1.32. The van der Waals surface area contributed by atoms with E-state index in [2.05, 4.69) is 20.4 Å². The van der Waals surface area contributed by atoms with Gasteiger partial charge in [0, 0.05) is 31.3 Å². The van der Waals surface area contributed by atoms with E-state index in [1.165, 1.54) is 17.1 Å². The van der Waals surface area contributed by atoms with Crippen molar-refractivity contribution in [3.05, 3.63) is 77.8 Å². The normalized spacial score (nSPS) is 13.5. The molecule has 156 valence electrons. The molecule has 4 aromatic rings. The van der Waals surface area contributed by atoms with Crippen molar-refractivity contribution in [1.29, 1.82) is 0 Å². The van der Waals surface area contributed by atoms with Gasteiger partial charge in [0.25, 0.3) is 5.91 Å². The van der Waals surface area contributed by atoms with Crippen LogP contribution in [0.15, 0.2) is 55.0 Å². The maximum Gasteiger partial charge on any atom is 0.254 e. The minimum Gasteiger partial charge on any atom is -0.368 e. The lowest BCUT2D eigenvalue weighted by Gasteiger charge is -2.28. The molecule has 0 aliphatic carbocycles. The van der Waals surface area contributed by atoms with E-state index in [0.717, 1.165) is 29.7 Å². The molecule has 9 heteroatoms. The fraction of sp³-hybridized carbons (Fsp3) is 0.182. The molecule has 7 nitrogen and oxygen atoms in total. The summed E-state index contributed by atoms with van der Waals surface area (Å²) in [5, 5.41) is 8.13. The number of halogens is 2. The number of anilines is 1. The summed E-state index contributed by atoms with van der Waals surface area (Å²) in [5.41, 5.74) is 2.66. The van der Waals surface area contributed by atoms with Crippen LogP contribution in [-0.2, 0) is 6.42 Å². The standard InChI is InChI=1S/C22H18F2N6O/c23-18-6-5-15(11-19(18)24)30-21-17(12-28-30)20(26-13-27-21)25-8-10-29-9-7-14-3-1-2-4-16(14)22(29)31/h1-6,11-13H,7-10H2,(H,25,26,27). The molecule has 1 amide bonds. The summed E-state index contributed by atoms with van der Waals surface area (Å²) < 4.78 is 28.3. The molecule has 0 spiro atoms. The molecule has 2 aromatic heterocycles. The highest BCUT2D eigenvalue weighted by Gasteiger charge is 2.23. The number of hydrogen-bond donors (Lipinski definition) is 1. The number of aromatic nitrogens is 4. The zero-order chi connectivity index (χ0) is 21.4. The fourth-order valence-electron chi connectivity index (χ4n) is 3.79. The first-order valence-corrected chi connectivity index (χ1v) is 9.87. The summed E-state index contributed by atoms with van der Waals surface area (Å²) in [7, 11) is 0. The van der Waals surface area contributed by atoms with E-state index >= 15 is 0 Å². The lowest BCUT2D eigenvalue weighted by atomic mass is 9.99. The summed E-state index contributed by atoms with van der Waals surface area (Å²) in [4.78, 5) is 23.0. The number of benzene rings is 2. The van der Waals surface area contributed by atoms with Gasteiger partial charge in [-0.3, -0.25) is 4.79 Å². The third kappa shape index (κ3) is 3.48. The lowest BCUT2D eigenvalue weighted by Crippen LogP contribution is -2.40. The predicted octanol–water partition coefficient (Wildman–Crippen LogP) is 3.20. The largest absolute Gasteiger partial charge is 0.368 e. The fourth-order valence-corrected chi connectivity index (χ4v) is 3.79. The Bertz CT molecular complexity index is 1290. The third-order valence-corrected chi connectivity index (χ3v) is 5.37. The molecule has 5 rings (SSSR count). The molecule has 0 atom stereocenters. The number of carbonyl (C=O) groups excluding carboxylic acids is 1. The van der Waals surface area contributed by atoms with Crippen molar-refractivity contribution in [3.63, 3.8) is 0 Å². The van der Waals surface area contributed by atoms with E-state index < -0.39 is 11.6 Å². The van der Waals surface area contributed by atoms with Crippen LogP contribution in [0.3, 0.4) is 0 Å². The lowest BCUT2D eigenvalue weighted by molar-refractivity contribution is 0.0746. The van der Waals surface area contributed by atoms with Crippen LogP contribution in [0.25, 0.3) is 16.7 Å². The van der Waals surface area contributed by atoms with Gasteiger partial charge in [-0.25, -0.2) is 23.4 Å². The second kappa shape index (κ2) is 7.75. The van der Waals surface area contributed by atoms with E-state index in [1.807, 2.05) is 29.2 Å². The summed E-state index contributed by atoms with van der Waals surface area (Å²) in [6.07, 6.45) is 3.78. The average Bonchev–Trinajstić information content (AvgIpc) is 3.22. The molecule has 0 saturated carbocycles. The second-order valence-corrected chi connectivity index (χ2v) is 7.24. The highest BCUT2D eigenvalue weighted by atomic mass is 19.2. The summed E-state index contributed by atoms with van der Waals surface area (Å²) in [5.74, 6) is -1.29. The van der Waals surface area contributed by atoms with Gasteiger partial charge in [-0.2, -0.15) is 5.10 Å². The minimum atomic E-state index is -0.957. The van der Waals surface area contributed by atoms with Crippen LogP contribution >= 0.6 is 0 Å². The van der Waals surface area contributed by atoms with E-state index in [0.29, 0.717) is 42.2 Å².